The number of benzene rings is 1. The molecule has 21 heavy (non-hydrogen) atoms. The highest BCUT2D eigenvalue weighted by molar-refractivity contribution is 5.85. The van der Waals surface area contributed by atoms with Crippen molar-refractivity contribution in [3.05, 3.63) is 41.2 Å². The molecular weight excluding hydrogens is 275 g/mol. The van der Waals surface area contributed by atoms with Gasteiger partial charge in [0.15, 0.2) is 0 Å². The topological polar surface area (TPSA) is 69.6 Å². The fourth-order valence-corrected chi connectivity index (χ4v) is 2.27. The number of amides is 1. The number of aliphatic carboxylic acids is 1. The fraction of sp³-hybridized carbons (Fsp3) is 0.333. The maximum atomic E-state index is 13.3. The molecule has 0 bridgehead atoms. The van der Waals surface area contributed by atoms with Gasteiger partial charge in [-0.25, -0.2) is 9.18 Å². The van der Waals surface area contributed by atoms with Crippen molar-refractivity contribution in [2.24, 2.45) is 0 Å². The number of carbonyl (C=O) groups is 2. The molecule has 0 aliphatic carbocycles. The van der Waals surface area contributed by atoms with Gasteiger partial charge < -0.3 is 10.4 Å². The summed E-state index contributed by atoms with van der Waals surface area (Å²) in [4.78, 5) is 24.1. The van der Waals surface area contributed by atoms with Crippen molar-refractivity contribution in [3.8, 4) is 0 Å². The molecular formula is C15H17FN2O3. The van der Waals surface area contributed by atoms with Gasteiger partial charge in [-0.05, 0) is 35.8 Å². The van der Waals surface area contributed by atoms with Crippen LogP contribution in [0.25, 0.3) is 6.08 Å². The van der Waals surface area contributed by atoms with Crippen LogP contribution in [0.2, 0.25) is 0 Å². The first-order chi connectivity index (χ1) is 10.0. The van der Waals surface area contributed by atoms with Gasteiger partial charge in [-0.2, -0.15) is 0 Å². The van der Waals surface area contributed by atoms with Crippen LogP contribution in [0.4, 0.5) is 4.39 Å². The molecule has 0 atom stereocenters. The number of hydrogen-bond acceptors (Lipinski definition) is 3. The van der Waals surface area contributed by atoms with Crippen LogP contribution >= 0.6 is 0 Å². The van der Waals surface area contributed by atoms with Crippen molar-refractivity contribution in [1.29, 1.82) is 0 Å². The van der Waals surface area contributed by atoms with Crippen LogP contribution in [0.1, 0.15) is 17.5 Å². The molecule has 6 heteroatoms. The third-order valence-corrected chi connectivity index (χ3v) is 3.25. The summed E-state index contributed by atoms with van der Waals surface area (Å²) < 4.78 is 13.3. The number of hydrogen-bond donors (Lipinski definition) is 2. The highest BCUT2D eigenvalue weighted by atomic mass is 19.1. The molecule has 2 N–H and O–H groups in total. The number of carboxylic acids is 1. The zero-order valence-corrected chi connectivity index (χ0v) is 11.5. The van der Waals surface area contributed by atoms with E-state index in [1.165, 1.54) is 18.2 Å². The van der Waals surface area contributed by atoms with Crippen LogP contribution in [-0.2, 0) is 16.1 Å². The smallest absolute Gasteiger partial charge is 0.328 e. The molecule has 1 fully saturated rings. The molecule has 1 aromatic carbocycles. The molecule has 1 aromatic rings. The summed E-state index contributed by atoms with van der Waals surface area (Å²) in [6, 6.07) is 4.26. The Balaban J connectivity index is 2.18. The summed E-state index contributed by atoms with van der Waals surface area (Å²) in [5.74, 6) is -1.53. The van der Waals surface area contributed by atoms with Crippen molar-refractivity contribution in [1.82, 2.24) is 10.2 Å². The lowest BCUT2D eigenvalue weighted by atomic mass is 10.1. The second-order valence-electron chi connectivity index (χ2n) is 4.93. The highest BCUT2D eigenvalue weighted by Crippen LogP contribution is 2.16. The molecule has 0 aromatic heterocycles. The number of halogens is 1. The largest absolute Gasteiger partial charge is 0.478 e. The Kier molecular flexibility index (Phi) is 5.05. The van der Waals surface area contributed by atoms with E-state index in [1.807, 2.05) is 4.90 Å². The van der Waals surface area contributed by atoms with Gasteiger partial charge in [-0.3, -0.25) is 9.69 Å². The Labute approximate surface area is 122 Å². The standard InChI is InChI=1S/C15H17FN2O3/c16-13-4-2-12(11(8-13)3-5-15(20)21)9-18-7-1-6-17-14(19)10-18/h2-5,8H,1,6-7,9-10H2,(H,17,19)(H,20,21). The van der Waals surface area contributed by atoms with Crippen LogP contribution in [0.3, 0.4) is 0 Å². The summed E-state index contributed by atoms with van der Waals surface area (Å²) in [6.07, 6.45) is 3.21. The van der Waals surface area contributed by atoms with Gasteiger partial charge in [0, 0.05) is 25.7 Å². The molecule has 0 unspecified atom stereocenters. The van der Waals surface area contributed by atoms with Gasteiger partial charge in [0.2, 0.25) is 5.91 Å². The second-order valence-corrected chi connectivity index (χ2v) is 4.93. The Morgan fingerprint density at radius 2 is 2.29 bits per heavy atom. The number of nitrogens with one attached hydrogen (secondary N) is 1. The van der Waals surface area contributed by atoms with Crippen LogP contribution in [0.5, 0.6) is 0 Å². The predicted octanol–water partition coefficient (Wildman–Crippen LogP) is 1.25. The third-order valence-electron chi connectivity index (χ3n) is 3.25. The first-order valence-electron chi connectivity index (χ1n) is 6.73. The van der Waals surface area contributed by atoms with Crippen LogP contribution in [-0.4, -0.2) is 41.5 Å². The van der Waals surface area contributed by atoms with Gasteiger partial charge in [0.1, 0.15) is 5.82 Å². The third kappa shape index (κ3) is 4.68. The second kappa shape index (κ2) is 6.99. The van der Waals surface area contributed by atoms with Gasteiger partial charge in [0.25, 0.3) is 0 Å². The van der Waals surface area contributed by atoms with E-state index in [9.17, 15) is 14.0 Å². The van der Waals surface area contributed by atoms with Crippen molar-refractivity contribution in [2.75, 3.05) is 19.6 Å². The Bertz CT molecular complexity index is 572. The zero-order valence-electron chi connectivity index (χ0n) is 11.5. The summed E-state index contributed by atoms with van der Waals surface area (Å²) in [5.41, 5.74) is 1.31. The molecule has 1 amide bonds. The van der Waals surface area contributed by atoms with Gasteiger partial charge in [-0.1, -0.05) is 6.07 Å². The van der Waals surface area contributed by atoms with Crippen molar-refractivity contribution < 1.29 is 19.1 Å². The molecule has 1 aliphatic rings. The van der Waals surface area contributed by atoms with Crippen molar-refractivity contribution in [2.45, 2.75) is 13.0 Å². The summed E-state index contributed by atoms with van der Waals surface area (Å²) in [6.45, 7) is 2.19. The lowest BCUT2D eigenvalue weighted by Gasteiger charge is -2.19. The molecule has 2 rings (SSSR count). The summed E-state index contributed by atoms with van der Waals surface area (Å²) in [5, 5.41) is 11.5. The number of carboxylic acid groups (broad SMARTS) is 1. The Morgan fingerprint density at radius 1 is 1.48 bits per heavy atom. The van der Waals surface area contributed by atoms with Crippen LogP contribution in [0, 0.1) is 5.82 Å². The Hall–Kier alpha value is -2.21. The summed E-state index contributed by atoms with van der Waals surface area (Å²) >= 11 is 0. The van der Waals surface area contributed by atoms with E-state index < -0.39 is 11.8 Å². The van der Waals surface area contributed by atoms with E-state index in [0.717, 1.165) is 24.6 Å². The number of nitrogens with zero attached hydrogens (tertiary/aromatic N) is 1. The van der Waals surface area contributed by atoms with Gasteiger partial charge >= 0.3 is 5.97 Å². The van der Waals surface area contributed by atoms with Gasteiger partial charge in [0.05, 0.1) is 6.54 Å². The SMILES string of the molecule is O=C(O)C=Cc1cc(F)ccc1CN1CCCNC(=O)C1. The van der Waals surface area contributed by atoms with E-state index >= 15 is 0 Å². The predicted molar refractivity (Wildman–Crippen MR) is 76.0 cm³/mol. The highest BCUT2D eigenvalue weighted by Gasteiger charge is 2.15. The van der Waals surface area contributed by atoms with E-state index in [-0.39, 0.29) is 5.91 Å². The van der Waals surface area contributed by atoms with E-state index in [0.29, 0.717) is 25.2 Å². The minimum Gasteiger partial charge on any atom is -0.478 e. The number of rotatable bonds is 4. The first-order valence-corrected chi connectivity index (χ1v) is 6.73. The minimum atomic E-state index is -1.08. The molecule has 5 nitrogen and oxygen atoms in total. The Morgan fingerprint density at radius 3 is 3.05 bits per heavy atom. The molecule has 0 radical (unpaired) electrons. The average molecular weight is 292 g/mol. The van der Waals surface area contributed by atoms with Crippen LogP contribution < -0.4 is 5.32 Å². The van der Waals surface area contributed by atoms with E-state index in [4.69, 9.17) is 5.11 Å². The quantitative estimate of drug-likeness (QED) is 0.819. The minimum absolute atomic E-state index is 0.0303. The van der Waals surface area contributed by atoms with Gasteiger partial charge in [-0.15, -0.1) is 0 Å². The lowest BCUT2D eigenvalue weighted by Crippen LogP contribution is -2.32. The molecule has 0 saturated carbocycles. The summed E-state index contributed by atoms with van der Waals surface area (Å²) in [7, 11) is 0. The molecule has 1 saturated heterocycles. The van der Waals surface area contributed by atoms with Crippen molar-refractivity contribution in [3.63, 3.8) is 0 Å². The molecule has 112 valence electrons. The maximum Gasteiger partial charge on any atom is 0.328 e. The average Bonchev–Trinajstić information content (AvgIpc) is 2.63. The normalized spacial score (nSPS) is 16.7. The zero-order chi connectivity index (χ0) is 15.2. The molecule has 0 spiro atoms. The fourth-order valence-electron chi connectivity index (χ4n) is 2.27. The monoisotopic (exact) mass is 292 g/mol. The van der Waals surface area contributed by atoms with E-state index in [1.54, 1.807) is 6.07 Å². The van der Waals surface area contributed by atoms with Crippen LogP contribution in [0.15, 0.2) is 24.3 Å². The maximum absolute atomic E-state index is 13.3. The first kappa shape index (κ1) is 15.2. The van der Waals surface area contributed by atoms with E-state index in [2.05, 4.69) is 5.32 Å². The molecule has 1 heterocycles. The van der Waals surface area contributed by atoms with Crippen molar-refractivity contribution >= 4 is 18.0 Å². The lowest BCUT2D eigenvalue weighted by molar-refractivity contribution is -0.131. The molecule has 1 aliphatic heterocycles. The number of carbonyl (C=O) groups excluding carboxylic acids is 1.